The molecule has 4 heteroatoms. The summed E-state index contributed by atoms with van der Waals surface area (Å²) in [4.78, 5) is 0. The van der Waals surface area contributed by atoms with Crippen molar-refractivity contribution < 1.29 is 9.47 Å². The molecule has 2 unspecified atom stereocenters. The fourth-order valence-corrected chi connectivity index (χ4v) is 8.24. The highest BCUT2D eigenvalue weighted by Crippen LogP contribution is 2.56. The number of rotatable bonds is 13. The Hall–Kier alpha value is -3.92. The highest BCUT2D eigenvalue weighted by atomic mass is 16.5. The molecule has 0 bridgehead atoms. The molecule has 0 heterocycles. The molecule has 4 aromatic carbocycles. The third kappa shape index (κ3) is 7.69. The summed E-state index contributed by atoms with van der Waals surface area (Å²) in [6.07, 6.45) is 10.1. The molecule has 0 amide bonds. The smallest absolute Gasteiger partial charge is 0.130 e. The van der Waals surface area contributed by atoms with Gasteiger partial charge < -0.3 is 20.9 Å². The van der Waals surface area contributed by atoms with E-state index in [1.165, 1.54) is 46.2 Å². The second kappa shape index (κ2) is 15.5. The van der Waals surface area contributed by atoms with E-state index in [0.717, 1.165) is 79.3 Å². The number of nitrogens with two attached hydrogens (primary N) is 2. The van der Waals surface area contributed by atoms with E-state index in [-0.39, 0.29) is 5.41 Å². The highest BCUT2D eigenvalue weighted by molar-refractivity contribution is 5.57. The van der Waals surface area contributed by atoms with Gasteiger partial charge in [-0.3, -0.25) is 0 Å². The van der Waals surface area contributed by atoms with E-state index in [4.69, 9.17) is 20.9 Å². The van der Waals surface area contributed by atoms with Crippen molar-refractivity contribution in [2.75, 3.05) is 11.5 Å². The van der Waals surface area contributed by atoms with Crippen LogP contribution in [0.3, 0.4) is 0 Å². The predicted molar refractivity (Wildman–Crippen MR) is 204 cm³/mol. The van der Waals surface area contributed by atoms with Gasteiger partial charge in [-0.1, -0.05) is 66.0 Å². The molecule has 0 spiro atoms. The van der Waals surface area contributed by atoms with Gasteiger partial charge in [0.05, 0.1) is 0 Å². The fourth-order valence-electron chi connectivity index (χ4n) is 8.24. The maximum Gasteiger partial charge on any atom is 0.130 e. The molecule has 2 atom stereocenters. The van der Waals surface area contributed by atoms with E-state index in [1.807, 2.05) is 48.5 Å². The fraction of sp³-hybridized carbons (Fsp3) is 0.455. The van der Waals surface area contributed by atoms with Crippen molar-refractivity contribution in [2.24, 2.45) is 17.8 Å². The van der Waals surface area contributed by atoms with Crippen molar-refractivity contribution >= 4 is 11.4 Å². The normalized spacial score (nSPS) is 17.4. The van der Waals surface area contributed by atoms with Crippen LogP contribution in [-0.4, -0.2) is 0 Å². The first-order valence-corrected chi connectivity index (χ1v) is 18.4. The summed E-state index contributed by atoms with van der Waals surface area (Å²) in [6.45, 7) is 16.5. The summed E-state index contributed by atoms with van der Waals surface area (Å²) in [5.41, 5.74) is 21.5. The standard InChI is InChI=1S/C44H58N2O2/c1-8-10-12-33-26-40(31(6)24-42(33)47-37-19-15-35(45)16-20-37)44(28-30(5)14-23-39(44)29(3)4)41-27-34(13-11-9-2)43(25-32(41)7)48-38-21-17-36(46)18-22-38/h15-22,24-27,29-30,39H,8-14,23,28,45-46H2,1-7H3. The van der Waals surface area contributed by atoms with Crippen LogP contribution < -0.4 is 20.9 Å². The Kier molecular flexibility index (Phi) is 11.5. The third-order valence-corrected chi connectivity index (χ3v) is 10.7. The van der Waals surface area contributed by atoms with Crippen LogP contribution in [0.1, 0.15) is 113 Å². The first kappa shape index (κ1) is 35.4. The molecule has 0 aromatic heterocycles. The SMILES string of the molecule is CCCCc1cc(C2(c3cc(CCCC)c(Oc4ccc(N)cc4)cc3C)CC(C)CCC2C(C)C)c(C)cc1Oc1ccc(N)cc1. The summed E-state index contributed by atoms with van der Waals surface area (Å²) in [7, 11) is 0. The molecule has 256 valence electrons. The Morgan fingerprint density at radius 3 is 1.52 bits per heavy atom. The van der Waals surface area contributed by atoms with Crippen molar-refractivity contribution in [3.63, 3.8) is 0 Å². The summed E-state index contributed by atoms with van der Waals surface area (Å²) in [6, 6.07) is 25.2. The first-order chi connectivity index (χ1) is 23.0. The molecule has 1 aliphatic carbocycles. The van der Waals surface area contributed by atoms with Crippen LogP contribution in [0.15, 0.2) is 72.8 Å². The number of hydrogen-bond donors (Lipinski definition) is 2. The molecule has 4 N–H and O–H groups in total. The van der Waals surface area contributed by atoms with Crippen molar-refractivity contribution in [3.05, 3.63) is 106 Å². The first-order valence-electron chi connectivity index (χ1n) is 18.4. The van der Waals surface area contributed by atoms with E-state index < -0.39 is 0 Å². The summed E-state index contributed by atoms with van der Waals surface area (Å²) < 4.78 is 13.2. The minimum atomic E-state index is -0.124. The number of ether oxygens (including phenoxy) is 2. The molecule has 48 heavy (non-hydrogen) atoms. The number of hydrogen-bond acceptors (Lipinski definition) is 4. The summed E-state index contributed by atoms with van der Waals surface area (Å²) in [5.74, 6) is 5.23. The molecule has 1 aliphatic rings. The van der Waals surface area contributed by atoms with Crippen LogP contribution in [0.2, 0.25) is 0 Å². The van der Waals surface area contributed by atoms with Crippen LogP contribution in [0, 0.1) is 31.6 Å². The Morgan fingerprint density at radius 2 is 1.12 bits per heavy atom. The highest BCUT2D eigenvalue weighted by Gasteiger charge is 2.48. The summed E-state index contributed by atoms with van der Waals surface area (Å²) >= 11 is 0. The summed E-state index contributed by atoms with van der Waals surface area (Å²) in [5, 5.41) is 0. The number of aryl methyl sites for hydroxylation is 4. The number of unbranched alkanes of at least 4 members (excludes halogenated alkanes) is 2. The maximum atomic E-state index is 6.61. The van der Waals surface area contributed by atoms with Crippen molar-refractivity contribution in [1.29, 1.82) is 0 Å². The zero-order chi connectivity index (χ0) is 34.4. The molecule has 1 saturated carbocycles. The molecule has 1 fully saturated rings. The molecule has 4 nitrogen and oxygen atoms in total. The average molecular weight is 647 g/mol. The van der Waals surface area contributed by atoms with E-state index in [2.05, 4.69) is 72.7 Å². The van der Waals surface area contributed by atoms with Gasteiger partial charge in [-0.25, -0.2) is 0 Å². The van der Waals surface area contributed by atoms with Crippen molar-refractivity contribution in [3.8, 4) is 23.0 Å². The number of nitrogen functional groups attached to an aromatic ring is 2. The van der Waals surface area contributed by atoms with E-state index in [0.29, 0.717) is 17.8 Å². The quantitative estimate of drug-likeness (QED) is 0.142. The predicted octanol–water partition coefficient (Wildman–Crippen LogP) is 12.1. The zero-order valence-electron chi connectivity index (χ0n) is 30.5. The van der Waals surface area contributed by atoms with Crippen molar-refractivity contribution in [1.82, 2.24) is 0 Å². The average Bonchev–Trinajstić information content (AvgIpc) is 3.05. The van der Waals surface area contributed by atoms with Crippen LogP contribution in [0.4, 0.5) is 11.4 Å². The minimum Gasteiger partial charge on any atom is -0.457 e. The second-order valence-corrected chi connectivity index (χ2v) is 14.8. The van der Waals surface area contributed by atoms with Gasteiger partial charge in [-0.05, 0) is 164 Å². The zero-order valence-corrected chi connectivity index (χ0v) is 30.5. The van der Waals surface area contributed by atoms with Gasteiger partial charge >= 0.3 is 0 Å². The lowest BCUT2D eigenvalue weighted by atomic mass is 9.53. The maximum absolute atomic E-state index is 6.61. The monoisotopic (exact) mass is 646 g/mol. The van der Waals surface area contributed by atoms with Crippen LogP contribution in [0.5, 0.6) is 23.0 Å². The van der Waals surface area contributed by atoms with E-state index >= 15 is 0 Å². The van der Waals surface area contributed by atoms with Crippen LogP contribution in [0.25, 0.3) is 0 Å². The molecular formula is C44H58N2O2. The minimum absolute atomic E-state index is 0.124. The Bertz CT molecular complexity index is 1550. The van der Waals surface area contributed by atoms with Gasteiger partial charge in [-0.2, -0.15) is 0 Å². The van der Waals surface area contributed by atoms with Crippen LogP contribution >= 0.6 is 0 Å². The molecule has 0 aliphatic heterocycles. The Morgan fingerprint density at radius 1 is 0.688 bits per heavy atom. The third-order valence-electron chi connectivity index (χ3n) is 10.7. The number of anilines is 2. The lowest BCUT2D eigenvalue weighted by molar-refractivity contribution is 0.134. The van der Waals surface area contributed by atoms with Gasteiger partial charge in [0.25, 0.3) is 0 Å². The Labute approximate surface area is 290 Å². The van der Waals surface area contributed by atoms with Gasteiger partial charge in [-0.15, -0.1) is 0 Å². The van der Waals surface area contributed by atoms with Gasteiger partial charge in [0.2, 0.25) is 0 Å². The van der Waals surface area contributed by atoms with Gasteiger partial charge in [0.15, 0.2) is 0 Å². The molecule has 4 aromatic rings. The van der Waals surface area contributed by atoms with Crippen LogP contribution in [-0.2, 0) is 18.3 Å². The molecule has 0 radical (unpaired) electrons. The second-order valence-electron chi connectivity index (χ2n) is 14.8. The van der Waals surface area contributed by atoms with E-state index in [1.54, 1.807) is 0 Å². The topological polar surface area (TPSA) is 70.5 Å². The largest absolute Gasteiger partial charge is 0.457 e. The lowest BCUT2D eigenvalue weighted by Crippen LogP contribution is -2.45. The van der Waals surface area contributed by atoms with Gasteiger partial charge in [0.1, 0.15) is 23.0 Å². The van der Waals surface area contributed by atoms with Crippen molar-refractivity contribution in [2.45, 2.75) is 112 Å². The number of benzene rings is 4. The molecule has 0 saturated heterocycles. The molecule has 5 rings (SSSR count). The van der Waals surface area contributed by atoms with E-state index in [9.17, 15) is 0 Å². The lowest BCUT2D eigenvalue weighted by Gasteiger charge is -2.51. The van der Waals surface area contributed by atoms with Gasteiger partial charge in [0, 0.05) is 16.8 Å². The Balaban J connectivity index is 1.72. The molecular weight excluding hydrogens is 588 g/mol.